The summed E-state index contributed by atoms with van der Waals surface area (Å²) in [6.07, 6.45) is 5.36. The minimum atomic E-state index is -0.250. The van der Waals surface area contributed by atoms with Crippen LogP contribution in [-0.2, 0) is 20.8 Å². The minimum absolute atomic E-state index is 0.0256. The predicted molar refractivity (Wildman–Crippen MR) is 154 cm³/mol. The SMILES string of the molecule is COc1ccccc1N1CCN(C(=O)Cc2csc(NC(=O)CN(CC(C)C)C(=O)C3CCCCC3)n2)CC1. The van der Waals surface area contributed by atoms with Crippen molar-refractivity contribution in [3.63, 3.8) is 0 Å². The van der Waals surface area contributed by atoms with E-state index in [1.807, 2.05) is 34.5 Å². The molecule has 3 amide bonds. The highest BCUT2D eigenvalue weighted by Crippen LogP contribution is 2.29. The van der Waals surface area contributed by atoms with Crippen LogP contribution in [0.15, 0.2) is 29.6 Å². The van der Waals surface area contributed by atoms with Crippen molar-refractivity contribution in [3.05, 3.63) is 35.3 Å². The van der Waals surface area contributed by atoms with Gasteiger partial charge in [0.1, 0.15) is 5.75 Å². The van der Waals surface area contributed by atoms with E-state index in [0.717, 1.165) is 50.2 Å². The molecule has 0 atom stereocenters. The molecule has 1 aromatic heterocycles. The van der Waals surface area contributed by atoms with Gasteiger partial charge in [0.2, 0.25) is 17.7 Å². The summed E-state index contributed by atoms with van der Waals surface area (Å²) in [5.41, 5.74) is 1.68. The van der Waals surface area contributed by atoms with E-state index in [1.54, 1.807) is 12.0 Å². The van der Waals surface area contributed by atoms with Crippen LogP contribution in [0.2, 0.25) is 0 Å². The molecule has 212 valence electrons. The van der Waals surface area contributed by atoms with Crippen molar-refractivity contribution >= 4 is 39.9 Å². The summed E-state index contributed by atoms with van der Waals surface area (Å²) in [6, 6.07) is 7.92. The van der Waals surface area contributed by atoms with Gasteiger partial charge in [-0.05, 0) is 30.9 Å². The number of aromatic nitrogens is 1. The molecular formula is C29H41N5O4S. The number of carbonyl (C=O) groups excluding carboxylic acids is 3. The first-order valence-corrected chi connectivity index (χ1v) is 14.9. The van der Waals surface area contributed by atoms with E-state index >= 15 is 0 Å². The van der Waals surface area contributed by atoms with Crippen molar-refractivity contribution in [1.82, 2.24) is 14.8 Å². The van der Waals surface area contributed by atoms with Crippen molar-refractivity contribution < 1.29 is 19.1 Å². The molecule has 10 heteroatoms. The van der Waals surface area contributed by atoms with Crippen molar-refractivity contribution in [2.45, 2.75) is 52.4 Å². The largest absolute Gasteiger partial charge is 0.495 e. The standard InChI is InChI=1S/C29H41N5O4S/c1-21(2)18-34(28(37)22-9-5-4-6-10-22)19-26(35)31-29-30-23(20-39-29)17-27(36)33-15-13-32(14-16-33)24-11-7-8-12-25(24)38-3/h7-8,11-12,20-22H,4-6,9-10,13-19H2,1-3H3,(H,30,31,35). The van der Waals surface area contributed by atoms with Gasteiger partial charge in [-0.15, -0.1) is 11.3 Å². The average molecular weight is 556 g/mol. The summed E-state index contributed by atoms with van der Waals surface area (Å²) in [5, 5.41) is 5.12. The van der Waals surface area contributed by atoms with Crippen molar-refractivity contribution in [3.8, 4) is 5.75 Å². The van der Waals surface area contributed by atoms with E-state index in [0.29, 0.717) is 30.5 Å². The van der Waals surface area contributed by atoms with Gasteiger partial charge in [0, 0.05) is 44.0 Å². The molecule has 0 bridgehead atoms. The lowest BCUT2D eigenvalue weighted by Crippen LogP contribution is -2.49. The first-order chi connectivity index (χ1) is 18.8. The molecule has 0 spiro atoms. The Morgan fingerprint density at radius 2 is 1.82 bits per heavy atom. The van der Waals surface area contributed by atoms with Crippen LogP contribution in [0.25, 0.3) is 0 Å². The molecule has 1 saturated carbocycles. The molecule has 9 nitrogen and oxygen atoms in total. The number of rotatable bonds is 10. The Bertz CT molecular complexity index is 1120. The van der Waals surface area contributed by atoms with E-state index in [2.05, 4.69) is 29.0 Å². The lowest BCUT2D eigenvalue weighted by atomic mass is 9.88. The Kier molecular flexibility index (Phi) is 10.2. The summed E-state index contributed by atoms with van der Waals surface area (Å²) in [6.45, 7) is 7.43. The van der Waals surface area contributed by atoms with E-state index in [9.17, 15) is 14.4 Å². The maximum absolute atomic E-state index is 13.1. The maximum atomic E-state index is 13.1. The fourth-order valence-corrected chi connectivity index (χ4v) is 6.14. The van der Waals surface area contributed by atoms with E-state index in [4.69, 9.17) is 4.74 Å². The normalized spacial score (nSPS) is 16.3. The van der Waals surface area contributed by atoms with Crippen molar-refractivity contribution in [2.75, 3.05) is 56.6 Å². The number of anilines is 2. The number of nitrogens with zero attached hydrogens (tertiary/aromatic N) is 4. The zero-order chi connectivity index (χ0) is 27.8. The molecule has 1 saturated heterocycles. The van der Waals surface area contributed by atoms with Crippen LogP contribution in [0.5, 0.6) is 5.75 Å². The van der Waals surface area contributed by atoms with Crippen LogP contribution in [0.4, 0.5) is 10.8 Å². The molecule has 2 aliphatic rings. The smallest absolute Gasteiger partial charge is 0.245 e. The van der Waals surface area contributed by atoms with Crippen LogP contribution < -0.4 is 15.0 Å². The van der Waals surface area contributed by atoms with Gasteiger partial charge in [0.05, 0.1) is 31.5 Å². The number of hydrogen-bond donors (Lipinski definition) is 1. The quantitative estimate of drug-likeness (QED) is 0.475. The van der Waals surface area contributed by atoms with Crippen molar-refractivity contribution in [1.29, 1.82) is 0 Å². The Labute approximate surface area is 235 Å². The molecule has 39 heavy (non-hydrogen) atoms. The monoisotopic (exact) mass is 555 g/mol. The Hall–Kier alpha value is -3.14. The van der Waals surface area contributed by atoms with Crippen LogP contribution in [0.1, 0.15) is 51.6 Å². The van der Waals surface area contributed by atoms with Crippen LogP contribution in [0, 0.1) is 11.8 Å². The second-order valence-electron chi connectivity index (χ2n) is 10.9. The average Bonchev–Trinajstić information content (AvgIpc) is 3.38. The number of piperazine rings is 1. The highest BCUT2D eigenvalue weighted by atomic mass is 32.1. The van der Waals surface area contributed by atoms with E-state index < -0.39 is 0 Å². The van der Waals surface area contributed by atoms with Gasteiger partial charge >= 0.3 is 0 Å². The topological polar surface area (TPSA) is 95.1 Å². The summed E-state index contributed by atoms with van der Waals surface area (Å²) in [7, 11) is 1.67. The molecular weight excluding hydrogens is 514 g/mol. The first kappa shape index (κ1) is 28.9. The fourth-order valence-electron chi connectivity index (χ4n) is 5.41. The van der Waals surface area contributed by atoms with Gasteiger partial charge < -0.3 is 24.8 Å². The van der Waals surface area contributed by atoms with Gasteiger partial charge in [0.25, 0.3) is 0 Å². The number of benzene rings is 1. The number of hydrogen-bond acceptors (Lipinski definition) is 7. The predicted octanol–water partition coefficient (Wildman–Crippen LogP) is 4.05. The highest BCUT2D eigenvalue weighted by Gasteiger charge is 2.28. The molecule has 1 aliphatic heterocycles. The Morgan fingerprint density at radius 3 is 2.51 bits per heavy atom. The van der Waals surface area contributed by atoms with E-state index in [-0.39, 0.29) is 42.5 Å². The number of thiazole rings is 1. The van der Waals surface area contributed by atoms with Gasteiger partial charge in [-0.1, -0.05) is 45.2 Å². The van der Waals surface area contributed by atoms with Gasteiger partial charge in [-0.3, -0.25) is 14.4 Å². The van der Waals surface area contributed by atoms with Crippen molar-refractivity contribution in [2.24, 2.45) is 11.8 Å². The van der Waals surface area contributed by atoms with Gasteiger partial charge in [-0.25, -0.2) is 4.98 Å². The molecule has 0 unspecified atom stereocenters. The summed E-state index contributed by atoms with van der Waals surface area (Å²) < 4.78 is 5.48. The second-order valence-corrected chi connectivity index (χ2v) is 11.7. The molecule has 2 fully saturated rings. The summed E-state index contributed by atoms with van der Waals surface area (Å²) in [5.74, 6) is 1.01. The molecule has 2 heterocycles. The van der Waals surface area contributed by atoms with Gasteiger partial charge in [0.15, 0.2) is 5.13 Å². The van der Waals surface area contributed by atoms with Crippen LogP contribution in [0.3, 0.4) is 0 Å². The van der Waals surface area contributed by atoms with Crippen LogP contribution in [-0.4, -0.2) is 78.9 Å². The maximum Gasteiger partial charge on any atom is 0.245 e. The number of methoxy groups -OCH3 is 1. The number of amides is 3. The lowest BCUT2D eigenvalue weighted by Gasteiger charge is -2.36. The lowest BCUT2D eigenvalue weighted by molar-refractivity contribution is -0.139. The molecule has 0 radical (unpaired) electrons. The Balaban J connectivity index is 1.26. The summed E-state index contributed by atoms with van der Waals surface area (Å²) in [4.78, 5) is 49.2. The highest BCUT2D eigenvalue weighted by molar-refractivity contribution is 7.13. The molecule has 2 aromatic rings. The molecule has 1 aliphatic carbocycles. The molecule has 1 aromatic carbocycles. The fraction of sp³-hybridized carbons (Fsp3) is 0.586. The Morgan fingerprint density at radius 1 is 1.10 bits per heavy atom. The third kappa shape index (κ3) is 7.94. The summed E-state index contributed by atoms with van der Waals surface area (Å²) >= 11 is 1.31. The zero-order valence-corrected chi connectivity index (χ0v) is 24.2. The second kappa shape index (κ2) is 13.8. The number of nitrogens with one attached hydrogen (secondary N) is 1. The molecule has 1 N–H and O–H groups in total. The third-order valence-corrected chi connectivity index (χ3v) is 8.18. The zero-order valence-electron chi connectivity index (χ0n) is 23.4. The third-order valence-electron chi connectivity index (χ3n) is 7.37. The number of ether oxygens (including phenoxy) is 1. The minimum Gasteiger partial charge on any atom is -0.495 e. The molecule has 4 rings (SSSR count). The number of carbonyl (C=O) groups is 3. The van der Waals surface area contributed by atoms with E-state index in [1.165, 1.54) is 17.8 Å². The van der Waals surface area contributed by atoms with Crippen LogP contribution >= 0.6 is 11.3 Å². The number of para-hydroxylation sites is 2. The van der Waals surface area contributed by atoms with Gasteiger partial charge in [-0.2, -0.15) is 0 Å². The first-order valence-electron chi connectivity index (χ1n) is 14.0.